The summed E-state index contributed by atoms with van der Waals surface area (Å²) in [5.41, 5.74) is 2.92. The Kier molecular flexibility index (Phi) is 4.67. The molecule has 1 atom stereocenters. The Bertz CT molecular complexity index is 900. The molecule has 0 aliphatic carbocycles. The first kappa shape index (κ1) is 16.7. The first-order chi connectivity index (χ1) is 12.7. The van der Waals surface area contributed by atoms with Crippen LogP contribution in [-0.4, -0.2) is 52.6 Å². The number of pyridine rings is 1. The van der Waals surface area contributed by atoms with Gasteiger partial charge in [0.25, 0.3) is 0 Å². The molecule has 1 aromatic carbocycles. The third kappa shape index (κ3) is 3.46. The van der Waals surface area contributed by atoms with Gasteiger partial charge in [0.1, 0.15) is 5.82 Å². The van der Waals surface area contributed by atoms with Crippen molar-refractivity contribution in [2.75, 3.05) is 31.6 Å². The number of methoxy groups -OCH3 is 1. The molecule has 3 aromatic rings. The molecule has 0 N–H and O–H groups in total. The van der Waals surface area contributed by atoms with Gasteiger partial charge in [-0.1, -0.05) is 18.2 Å². The molecule has 1 fully saturated rings. The van der Waals surface area contributed by atoms with E-state index in [4.69, 9.17) is 9.72 Å². The maximum absolute atomic E-state index is 5.23. The average Bonchev–Trinajstić information content (AvgIpc) is 2.69. The number of benzene rings is 1. The summed E-state index contributed by atoms with van der Waals surface area (Å²) in [5.74, 6) is 1.62. The van der Waals surface area contributed by atoms with Crippen LogP contribution in [0, 0.1) is 0 Å². The fraction of sp³-hybridized carbons (Fsp3) is 0.350. The average molecular weight is 349 g/mol. The minimum absolute atomic E-state index is 0.407. The first-order valence-corrected chi connectivity index (χ1v) is 8.93. The van der Waals surface area contributed by atoms with Gasteiger partial charge in [0, 0.05) is 38.3 Å². The molecule has 0 spiro atoms. The molecule has 1 aliphatic heterocycles. The van der Waals surface area contributed by atoms with Crippen LogP contribution < -0.4 is 9.64 Å². The van der Waals surface area contributed by atoms with Crippen molar-refractivity contribution in [1.29, 1.82) is 0 Å². The number of anilines is 1. The van der Waals surface area contributed by atoms with Crippen LogP contribution in [0.5, 0.6) is 5.88 Å². The highest BCUT2D eigenvalue weighted by molar-refractivity contribution is 5.75. The second kappa shape index (κ2) is 7.25. The predicted octanol–water partition coefficient (Wildman–Crippen LogP) is 2.74. The van der Waals surface area contributed by atoms with Crippen molar-refractivity contribution in [1.82, 2.24) is 19.9 Å². The van der Waals surface area contributed by atoms with Crippen LogP contribution >= 0.6 is 0 Å². The molecular formula is C20H23N5O. The summed E-state index contributed by atoms with van der Waals surface area (Å²) in [6.07, 6.45) is 1.88. The Morgan fingerprint density at radius 2 is 1.88 bits per heavy atom. The molecule has 1 unspecified atom stereocenters. The summed E-state index contributed by atoms with van der Waals surface area (Å²) in [6.45, 7) is 5.91. The van der Waals surface area contributed by atoms with E-state index in [0.717, 1.165) is 48.7 Å². The summed E-state index contributed by atoms with van der Waals surface area (Å²) in [4.78, 5) is 18.6. The summed E-state index contributed by atoms with van der Waals surface area (Å²) < 4.78 is 5.23. The quantitative estimate of drug-likeness (QED) is 0.722. The van der Waals surface area contributed by atoms with E-state index in [9.17, 15) is 0 Å². The van der Waals surface area contributed by atoms with Gasteiger partial charge < -0.3 is 9.64 Å². The Hall–Kier alpha value is -2.73. The second-order valence-electron chi connectivity index (χ2n) is 6.65. The van der Waals surface area contributed by atoms with Gasteiger partial charge in [-0.15, -0.1) is 0 Å². The van der Waals surface area contributed by atoms with Crippen LogP contribution in [-0.2, 0) is 6.54 Å². The molecule has 4 rings (SSSR count). The van der Waals surface area contributed by atoms with E-state index < -0.39 is 0 Å². The molecule has 1 saturated heterocycles. The van der Waals surface area contributed by atoms with Gasteiger partial charge >= 0.3 is 0 Å². The number of rotatable bonds is 4. The molecule has 134 valence electrons. The van der Waals surface area contributed by atoms with Gasteiger partial charge in [-0.3, -0.25) is 9.88 Å². The van der Waals surface area contributed by atoms with Crippen molar-refractivity contribution in [2.24, 2.45) is 0 Å². The predicted molar refractivity (Wildman–Crippen MR) is 102 cm³/mol. The van der Waals surface area contributed by atoms with Crippen LogP contribution in [0.3, 0.4) is 0 Å². The summed E-state index contributed by atoms with van der Waals surface area (Å²) in [6, 6.07) is 14.3. The number of hydrogen-bond donors (Lipinski definition) is 0. The minimum Gasteiger partial charge on any atom is -0.481 e. The van der Waals surface area contributed by atoms with Gasteiger partial charge in [0.05, 0.1) is 30.0 Å². The number of ether oxygens (including phenoxy) is 1. The molecule has 26 heavy (non-hydrogen) atoms. The molecule has 0 amide bonds. The van der Waals surface area contributed by atoms with E-state index in [1.54, 1.807) is 7.11 Å². The van der Waals surface area contributed by atoms with Crippen LogP contribution in [0.15, 0.2) is 48.7 Å². The summed E-state index contributed by atoms with van der Waals surface area (Å²) >= 11 is 0. The number of hydrogen-bond acceptors (Lipinski definition) is 6. The molecule has 0 bridgehead atoms. The maximum atomic E-state index is 5.23. The molecule has 1 aliphatic rings. The minimum atomic E-state index is 0.407. The lowest BCUT2D eigenvalue weighted by Crippen LogP contribution is -2.51. The van der Waals surface area contributed by atoms with Gasteiger partial charge in [-0.2, -0.15) is 0 Å². The SMILES string of the molecule is COc1cccc(CN2CCN(c3cnc4ccccc4n3)CC2C)n1. The van der Waals surface area contributed by atoms with Crippen LogP contribution in [0.4, 0.5) is 5.82 Å². The summed E-state index contributed by atoms with van der Waals surface area (Å²) in [7, 11) is 1.65. The van der Waals surface area contributed by atoms with Gasteiger partial charge in [-0.25, -0.2) is 9.97 Å². The molecule has 2 aromatic heterocycles. The zero-order valence-electron chi connectivity index (χ0n) is 15.2. The molecular weight excluding hydrogens is 326 g/mol. The number of nitrogens with zero attached hydrogens (tertiary/aromatic N) is 5. The molecule has 0 radical (unpaired) electrons. The van der Waals surface area contributed by atoms with Crippen molar-refractivity contribution < 1.29 is 4.74 Å². The second-order valence-corrected chi connectivity index (χ2v) is 6.65. The molecule has 0 saturated carbocycles. The third-order valence-corrected chi connectivity index (χ3v) is 4.88. The van der Waals surface area contributed by atoms with Crippen molar-refractivity contribution in [3.63, 3.8) is 0 Å². The lowest BCUT2D eigenvalue weighted by atomic mass is 10.1. The largest absolute Gasteiger partial charge is 0.481 e. The highest BCUT2D eigenvalue weighted by Gasteiger charge is 2.25. The Morgan fingerprint density at radius 3 is 2.69 bits per heavy atom. The van der Waals surface area contributed by atoms with E-state index in [1.165, 1.54) is 0 Å². The first-order valence-electron chi connectivity index (χ1n) is 8.93. The van der Waals surface area contributed by atoms with E-state index >= 15 is 0 Å². The molecule has 3 heterocycles. The lowest BCUT2D eigenvalue weighted by Gasteiger charge is -2.40. The Balaban J connectivity index is 1.45. The van der Waals surface area contributed by atoms with Gasteiger partial charge in [-0.05, 0) is 25.1 Å². The highest BCUT2D eigenvalue weighted by atomic mass is 16.5. The normalized spacial score (nSPS) is 18.2. The maximum Gasteiger partial charge on any atom is 0.213 e. The van der Waals surface area contributed by atoms with Crippen molar-refractivity contribution in [2.45, 2.75) is 19.5 Å². The van der Waals surface area contributed by atoms with E-state index in [-0.39, 0.29) is 0 Å². The summed E-state index contributed by atoms with van der Waals surface area (Å²) in [5, 5.41) is 0. The van der Waals surface area contributed by atoms with Crippen molar-refractivity contribution in [3.05, 3.63) is 54.4 Å². The molecule has 6 nitrogen and oxygen atoms in total. The number of aromatic nitrogens is 3. The van der Waals surface area contributed by atoms with E-state index in [1.807, 2.05) is 42.6 Å². The van der Waals surface area contributed by atoms with Crippen LogP contribution in [0.2, 0.25) is 0 Å². The number of fused-ring (bicyclic) bond motifs is 1. The topological polar surface area (TPSA) is 54.4 Å². The van der Waals surface area contributed by atoms with Crippen LogP contribution in [0.1, 0.15) is 12.6 Å². The van der Waals surface area contributed by atoms with Gasteiger partial charge in [0.15, 0.2) is 0 Å². The zero-order valence-corrected chi connectivity index (χ0v) is 15.2. The van der Waals surface area contributed by atoms with Gasteiger partial charge in [0.2, 0.25) is 5.88 Å². The molecule has 6 heteroatoms. The Labute approximate surface area is 153 Å². The number of piperazine rings is 1. The van der Waals surface area contributed by atoms with E-state index in [2.05, 4.69) is 32.8 Å². The monoisotopic (exact) mass is 349 g/mol. The van der Waals surface area contributed by atoms with E-state index in [0.29, 0.717) is 11.9 Å². The zero-order chi connectivity index (χ0) is 17.9. The Morgan fingerprint density at radius 1 is 1.04 bits per heavy atom. The fourth-order valence-corrected chi connectivity index (χ4v) is 3.41. The smallest absolute Gasteiger partial charge is 0.213 e. The standard InChI is InChI=1S/C20H23N5O/c1-15-13-25(19-12-21-17-7-3-4-8-18(17)23-19)11-10-24(15)14-16-6-5-9-20(22-16)26-2/h3-9,12,15H,10-11,13-14H2,1-2H3. The van der Waals surface area contributed by atoms with Crippen molar-refractivity contribution in [3.8, 4) is 5.88 Å². The highest BCUT2D eigenvalue weighted by Crippen LogP contribution is 2.20. The lowest BCUT2D eigenvalue weighted by molar-refractivity contribution is 0.178. The number of para-hydroxylation sites is 2. The van der Waals surface area contributed by atoms with Crippen molar-refractivity contribution >= 4 is 16.9 Å². The van der Waals surface area contributed by atoms with Crippen LogP contribution in [0.25, 0.3) is 11.0 Å². The fourth-order valence-electron chi connectivity index (χ4n) is 3.41. The third-order valence-electron chi connectivity index (χ3n) is 4.88.